The molecule has 2 aromatic rings. The first-order valence-corrected chi connectivity index (χ1v) is 6.14. The molecule has 0 spiro atoms. The summed E-state index contributed by atoms with van der Waals surface area (Å²) < 4.78 is 5.20. The third-order valence-corrected chi connectivity index (χ3v) is 2.92. The van der Waals surface area contributed by atoms with Gasteiger partial charge in [-0.05, 0) is 6.07 Å². The minimum atomic E-state index is -1.18. The molecule has 0 aliphatic rings. The number of rotatable bonds is 5. The van der Waals surface area contributed by atoms with Gasteiger partial charge in [-0.15, -0.1) is 0 Å². The Hall–Kier alpha value is -1.85. The molecule has 0 amide bonds. The van der Waals surface area contributed by atoms with E-state index in [9.17, 15) is 9.90 Å². The van der Waals surface area contributed by atoms with Crippen molar-refractivity contribution in [3.05, 3.63) is 36.0 Å². The zero-order chi connectivity index (χ0) is 13.8. The number of aromatic nitrogens is 1. The van der Waals surface area contributed by atoms with Crippen molar-refractivity contribution in [2.75, 3.05) is 6.61 Å². The molecule has 0 aliphatic heterocycles. The minimum absolute atomic E-state index is 0.205. The van der Waals surface area contributed by atoms with Crippen molar-refractivity contribution in [1.82, 2.24) is 4.98 Å². The minimum Gasteiger partial charge on any atom is -0.454 e. The Balaban J connectivity index is 2.39. The number of carbonyl (C=O) groups excluding carboxylic acids is 1. The number of aliphatic hydroxyl groups excluding tert-OH is 2. The van der Waals surface area contributed by atoms with Crippen molar-refractivity contribution in [2.45, 2.75) is 25.6 Å². The molecule has 0 saturated heterocycles. The van der Waals surface area contributed by atoms with Gasteiger partial charge in [-0.3, -0.25) is 4.79 Å². The quantitative estimate of drug-likeness (QED) is 0.710. The van der Waals surface area contributed by atoms with E-state index in [2.05, 4.69) is 11.2 Å². The van der Waals surface area contributed by atoms with Crippen LogP contribution in [-0.2, 0) is 9.53 Å². The lowest BCUT2D eigenvalue weighted by Crippen LogP contribution is -2.26. The van der Waals surface area contributed by atoms with Crippen LogP contribution >= 0.6 is 0 Å². The maximum atomic E-state index is 11.4. The maximum absolute atomic E-state index is 11.4. The van der Waals surface area contributed by atoms with Gasteiger partial charge in [0.2, 0.25) is 0 Å². The van der Waals surface area contributed by atoms with Gasteiger partial charge < -0.3 is 19.9 Å². The van der Waals surface area contributed by atoms with E-state index in [4.69, 9.17) is 9.84 Å². The van der Waals surface area contributed by atoms with Crippen LogP contribution in [0.15, 0.2) is 24.3 Å². The summed E-state index contributed by atoms with van der Waals surface area (Å²) in [6, 6.07) is 7.41. The highest BCUT2D eigenvalue weighted by molar-refractivity contribution is 5.83. The number of ether oxygens (including phenoxy) is 1. The molecule has 2 atom stereocenters. The predicted octanol–water partition coefficient (Wildman–Crippen LogP) is 1.32. The Labute approximate surface area is 110 Å². The summed E-state index contributed by atoms with van der Waals surface area (Å²) >= 11 is 0. The molecule has 0 aliphatic carbocycles. The molecular weight excluding hydrogens is 246 g/mol. The van der Waals surface area contributed by atoms with Crippen molar-refractivity contribution < 1.29 is 19.7 Å². The first-order valence-electron chi connectivity index (χ1n) is 6.14. The fourth-order valence-electron chi connectivity index (χ4n) is 1.90. The largest absolute Gasteiger partial charge is 0.454 e. The van der Waals surface area contributed by atoms with Gasteiger partial charge in [0.25, 0.3) is 0 Å². The number of hydrogen-bond acceptors (Lipinski definition) is 4. The van der Waals surface area contributed by atoms with Gasteiger partial charge >= 0.3 is 5.97 Å². The van der Waals surface area contributed by atoms with Gasteiger partial charge in [-0.2, -0.15) is 0 Å². The SMILES string of the molecule is CCC(=O)OC(c1[c][nH]c2ccccc12)C(O)CO. The number of fused-ring (bicyclic) bond motifs is 1. The molecule has 2 rings (SSSR count). The van der Waals surface area contributed by atoms with Crippen LogP contribution in [0.4, 0.5) is 0 Å². The predicted molar refractivity (Wildman–Crippen MR) is 69.4 cm³/mol. The molecule has 5 nitrogen and oxygen atoms in total. The molecule has 1 aromatic carbocycles. The molecule has 1 radical (unpaired) electrons. The number of esters is 1. The first kappa shape index (κ1) is 13.6. The van der Waals surface area contributed by atoms with Crippen LogP contribution < -0.4 is 0 Å². The van der Waals surface area contributed by atoms with Crippen molar-refractivity contribution in [3.8, 4) is 0 Å². The summed E-state index contributed by atoms with van der Waals surface area (Å²) in [6.07, 6.45) is 0.993. The Morgan fingerprint density at radius 1 is 1.47 bits per heavy atom. The van der Waals surface area contributed by atoms with E-state index in [1.807, 2.05) is 24.3 Å². The van der Waals surface area contributed by atoms with Gasteiger partial charge in [0, 0.05) is 22.9 Å². The van der Waals surface area contributed by atoms with Crippen molar-refractivity contribution >= 4 is 16.9 Å². The van der Waals surface area contributed by atoms with Crippen LogP contribution in [0.3, 0.4) is 0 Å². The summed E-state index contributed by atoms with van der Waals surface area (Å²) in [5.74, 6) is -0.434. The lowest BCUT2D eigenvalue weighted by atomic mass is 10.0. The average Bonchev–Trinajstić information content (AvgIpc) is 2.87. The summed E-state index contributed by atoms with van der Waals surface area (Å²) in [4.78, 5) is 14.4. The second-order valence-electron chi connectivity index (χ2n) is 4.22. The van der Waals surface area contributed by atoms with Crippen LogP contribution in [0.2, 0.25) is 0 Å². The Kier molecular flexibility index (Phi) is 4.19. The zero-order valence-corrected chi connectivity index (χ0v) is 10.6. The summed E-state index contributed by atoms with van der Waals surface area (Å²) in [5, 5.41) is 19.7. The lowest BCUT2D eigenvalue weighted by molar-refractivity contribution is -0.156. The lowest BCUT2D eigenvalue weighted by Gasteiger charge is -2.21. The molecule has 0 fully saturated rings. The number of carbonyl (C=O) groups is 1. The number of para-hydroxylation sites is 1. The van der Waals surface area contributed by atoms with E-state index in [1.54, 1.807) is 6.92 Å². The number of aromatic amines is 1. The number of hydrogen-bond donors (Lipinski definition) is 3. The van der Waals surface area contributed by atoms with Gasteiger partial charge in [0.05, 0.1) is 12.8 Å². The highest BCUT2D eigenvalue weighted by Crippen LogP contribution is 2.28. The topological polar surface area (TPSA) is 82.6 Å². The summed E-state index contributed by atoms with van der Waals surface area (Å²) in [7, 11) is 0. The van der Waals surface area contributed by atoms with E-state index < -0.39 is 24.8 Å². The molecule has 101 valence electrons. The molecular formula is C14H16NO4. The normalized spacial score (nSPS) is 14.3. The average molecular weight is 262 g/mol. The molecule has 5 heteroatoms. The van der Waals surface area contributed by atoms with Crippen LogP contribution in [0.1, 0.15) is 25.0 Å². The fraction of sp³-hybridized carbons (Fsp3) is 0.357. The van der Waals surface area contributed by atoms with Gasteiger partial charge in [0.1, 0.15) is 6.10 Å². The van der Waals surface area contributed by atoms with E-state index >= 15 is 0 Å². The third-order valence-electron chi connectivity index (χ3n) is 2.92. The van der Waals surface area contributed by atoms with Gasteiger partial charge in [0.15, 0.2) is 6.10 Å². The van der Waals surface area contributed by atoms with Crippen molar-refractivity contribution in [2.24, 2.45) is 0 Å². The van der Waals surface area contributed by atoms with Crippen molar-refractivity contribution in [3.63, 3.8) is 0 Å². The van der Waals surface area contributed by atoms with Crippen LogP contribution in [0.5, 0.6) is 0 Å². The standard InChI is InChI=1S/C14H16NO4/c1-2-13(18)19-14(12(17)8-16)10-7-15-11-6-4-3-5-9(10)11/h3-6,12,14-17H,2,8H2,1H3. The maximum Gasteiger partial charge on any atom is 0.306 e. The monoisotopic (exact) mass is 262 g/mol. The van der Waals surface area contributed by atoms with Crippen LogP contribution in [0.25, 0.3) is 10.9 Å². The summed E-state index contributed by atoms with van der Waals surface area (Å²) in [5.41, 5.74) is 1.37. The van der Waals surface area contributed by atoms with E-state index in [0.29, 0.717) is 5.56 Å². The number of aliphatic hydroxyl groups is 2. The third kappa shape index (κ3) is 2.77. The molecule has 1 aromatic heterocycles. The Morgan fingerprint density at radius 2 is 2.21 bits per heavy atom. The van der Waals surface area contributed by atoms with E-state index in [-0.39, 0.29) is 6.42 Å². The second kappa shape index (κ2) is 5.86. The fourth-order valence-corrected chi connectivity index (χ4v) is 1.90. The number of nitrogens with one attached hydrogen (secondary N) is 1. The number of H-pyrrole nitrogens is 1. The molecule has 1 heterocycles. The highest BCUT2D eigenvalue weighted by atomic mass is 16.6. The Morgan fingerprint density at radius 3 is 2.89 bits per heavy atom. The second-order valence-corrected chi connectivity index (χ2v) is 4.22. The van der Waals surface area contributed by atoms with Crippen LogP contribution in [-0.4, -0.2) is 33.9 Å². The van der Waals surface area contributed by atoms with Crippen molar-refractivity contribution in [1.29, 1.82) is 0 Å². The van der Waals surface area contributed by atoms with Gasteiger partial charge in [-0.1, -0.05) is 25.1 Å². The van der Waals surface area contributed by atoms with Gasteiger partial charge in [-0.25, -0.2) is 0 Å². The molecule has 19 heavy (non-hydrogen) atoms. The zero-order valence-electron chi connectivity index (χ0n) is 10.6. The van der Waals surface area contributed by atoms with E-state index in [1.165, 1.54) is 0 Å². The first-order chi connectivity index (χ1) is 9.17. The highest BCUT2D eigenvalue weighted by Gasteiger charge is 2.27. The molecule has 2 unspecified atom stereocenters. The van der Waals surface area contributed by atoms with E-state index in [0.717, 1.165) is 10.9 Å². The molecule has 0 saturated carbocycles. The summed E-state index contributed by atoms with van der Waals surface area (Å²) in [6.45, 7) is 1.18. The number of benzene rings is 1. The van der Waals surface area contributed by atoms with Crippen LogP contribution in [0, 0.1) is 6.20 Å². The molecule has 0 bridgehead atoms. The smallest absolute Gasteiger partial charge is 0.306 e. The Bertz CT molecular complexity index is 563. The molecule has 3 N–H and O–H groups in total.